The number of nitrogens with zero attached hydrogens (tertiary/aromatic N) is 3. The van der Waals surface area contributed by atoms with Crippen molar-refractivity contribution in [3.05, 3.63) is 24.2 Å². The average Bonchev–Trinajstić information content (AvgIpc) is 2.89. The number of thioether (sulfide) groups is 2. The molecule has 1 unspecified atom stereocenters. The van der Waals surface area contributed by atoms with Gasteiger partial charge in [0.1, 0.15) is 5.82 Å². The second-order valence-corrected chi connectivity index (χ2v) is 6.32. The number of rotatable bonds is 2. The maximum Gasteiger partial charge on any atom is 0.258 e. The Hall–Kier alpha value is -1.21. The van der Waals surface area contributed by atoms with Crippen molar-refractivity contribution >= 4 is 29.3 Å². The summed E-state index contributed by atoms with van der Waals surface area (Å²) in [5, 5.41) is 4.40. The molecule has 0 saturated carbocycles. The molecule has 5 nitrogen and oxygen atoms in total. The van der Waals surface area contributed by atoms with Crippen LogP contribution in [0.1, 0.15) is 11.1 Å². The quantitative estimate of drug-likeness (QED) is 0.903. The van der Waals surface area contributed by atoms with Crippen LogP contribution in [-0.4, -0.2) is 32.4 Å². The van der Waals surface area contributed by atoms with Crippen molar-refractivity contribution in [1.29, 1.82) is 0 Å². The summed E-state index contributed by atoms with van der Waals surface area (Å²) in [6.45, 7) is 0. The summed E-state index contributed by atoms with van der Waals surface area (Å²) in [6, 6.07) is 3.55. The highest BCUT2D eigenvalue weighted by Gasteiger charge is 2.22. The van der Waals surface area contributed by atoms with E-state index in [1.807, 2.05) is 29.6 Å². The van der Waals surface area contributed by atoms with E-state index in [4.69, 9.17) is 10.3 Å². The highest BCUT2D eigenvalue weighted by atomic mass is 32.2. The lowest BCUT2D eigenvalue weighted by Gasteiger charge is -2.16. The van der Waals surface area contributed by atoms with E-state index in [1.54, 1.807) is 12.3 Å². The van der Waals surface area contributed by atoms with Gasteiger partial charge in [0.05, 0.1) is 5.25 Å². The van der Waals surface area contributed by atoms with Crippen LogP contribution in [0.2, 0.25) is 0 Å². The van der Waals surface area contributed by atoms with Gasteiger partial charge in [-0.25, -0.2) is 4.98 Å². The third-order valence-electron chi connectivity index (χ3n) is 2.57. The summed E-state index contributed by atoms with van der Waals surface area (Å²) >= 11 is 3.82. The van der Waals surface area contributed by atoms with Crippen molar-refractivity contribution in [1.82, 2.24) is 15.1 Å². The average molecular weight is 280 g/mol. The fourth-order valence-corrected chi connectivity index (χ4v) is 4.29. The molecule has 0 radical (unpaired) electrons. The molecular weight excluding hydrogens is 268 g/mol. The summed E-state index contributed by atoms with van der Waals surface area (Å²) in [5.41, 5.74) is 6.45. The minimum Gasteiger partial charge on any atom is -0.384 e. The van der Waals surface area contributed by atoms with Crippen molar-refractivity contribution in [2.24, 2.45) is 0 Å². The summed E-state index contributed by atoms with van der Waals surface area (Å²) in [4.78, 5) is 8.39. The Morgan fingerprint density at radius 1 is 1.39 bits per heavy atom. The van der Waals surface area contributed by atoms with Crippen LogP contribution in [0.5, 0.6) is 0 Å². The smallest absolute Gasteiger partial charge is 0.258 e. The molecule has 1 saturated heterocycles. The van der Waals surface area contributed by atoms with E-state index < -0.39 is 0 Å². The molecule has 1 aliphatic heterocycles. The zero-order chi connectivity index (χ0) is 12.4. The molecule has 1 fully saturated rings. The van der Waals surface area contributed by atoms with Gasteiger partial charge in [0.15, 0.2) is 5.82 Å². The second kappa shape index (κ2) is 5.19. The molecule has 2 N–H and O–H groups in total. The van der Waals surface area contributed by atoms with Crippen molar-refractivity contribution in [2.45, 2.75) is 5.25 Å². The molecule has 3 heterocycles. The van der Waals surface area contributed by atoms with E-state index in [-0.39, 0.29) is 0 Å². The topological polar surface area (TPSA) is 77.8 Å². The highest BCUT2D eigenvalue weighted by molar-refractivity contribution is 8.06. The fraction of sp³-hybridized carbons (Fsp3) is 0.364. The van der Waals surface area contributed by atoms with Gasteiger partial charge in [-0.15, -0.1) is 11.8 Å². The number of hydrogen-bond acceptors (Lipinski definition) is 7. The van der Waals surface area contributed by atoms with Crippen LogP contribution in [0.15, 0.2) is 22.9 Å². The van der Waals surface area contributed by atoms with Crippen molar-refractivity contribution in [3.8, 4) is 11.5 Å². The number of hydrogen-bond donors (Lipinski definition) is 1. The van der Waals surface area contributed by atoms with E-state index in [9.17, 15) is 0 Å². The molecule has 94 valence electrons. The lowest BCUT2D eigenvalue weighted by Crippen LogP contribution is -2.07. The Labute approximate surface area is 113 Å². The molecule has 0 aliphatic carbocycles. The first-order valence-electron chi connectivity index (χ1n) is 5.58. The van der Waals surface area contributed by atoms with Crippen LogP contribution in [-0.2, 0) is 0 Å². The normalized spacial score (nSPS) is 19.9. The van der Waals surface area contributed by atoms with Crippen molar-refractivity contribution in [2.75, 3.05) is 23.0 Å². The zero-order valence-corrected chi connectivity index (χ0v) is 11.2. The lowest BCUT2D eigenvalue weighted by atomic mass is 10.2. The van der Waals surface area contributed by atoms with Crippen LogP contribution < -0.4 is 5.73 Å². The Bertz CT molecular complexity index is 539. The number of pyridine rings is 1. The molecule has 0 aromatic carbocycles. The van der Waals surface area contributed by atoms with Crippen LogP contribution in [0, 0.1) is 0 Å². The first kappa shape index (κ1) is 11.9. The van der Waals surface area contributed by atoms with Crippen molar-refractivity contribution in [3.63, 3.8) is 0 Å². The first-order chi connectivity index (χ1) is 8.83. The standard InChI is InChI=1S/C11H12N4OS2/c12-9-5-7(1-2-13-9)11-14-10(15-16-11)8-6-17-3-4-18-8/h1-2,5,8H,3-4,6H2,(H2,12,13). The number of anilines is 1. The van der Waals surface area contributed by atoms with Crippen LogP contribution in [0.4, 0.5) is 5.82 Å². The van der Waals surface area contributed by atoms with E-state index in [1.165, 1.54) is 5.75 Å². The van der Waals surface area contributed by atoms with E-state index in [0.717, 1.165) is 22.9 Å². The summed E-state index contributed by atoms with van der Waals surface area (Å²) in [6.07, 6.45) is 1.64. The van der Waals surface area contributed by atoms with Gasteiger partial charge in [-0.05, 0) is 12.1 Å². The summed E-state index contributed by atoms with van der Waals surface area (Å²) < 4.78 is 5.29. The van der Waals surface area contributed by atoms with Gasteiger partial charge >= 0.3 is 0 Å². The lowest BCUT2D eigenvalue weighted by molar-refractivity contribution is 0.423. The van der Waals surface area contributed by atoms with Crippen molar-refractivity contribution < 1.29 is 4.52 Å². The Kier molecular flexibility index (Phi) is 3.42. The third kappa shape index (κ3) is 2.46. The molecule has 0 spiro atoms. The molecule has 7 heteroatoms. The maximum absolute atomic E-state index is 5.64. The maximum atomic E-state index is 5.64. The molecule has 0 amide bonds. The highest BCUT2D eigenvalue weighted by Crippen LogP contribution is 2.35. The van der Waals surface area contributed by atoms with Crippen LogP contribution in [0.25, 0.3) is 11.5 Å². The van der Waals surface area contributed by atoms with Crippen LogP contribution >= 0.6 is 23.5 Å². The number of nitrogen functional groups attached to an aromatic ring is 1. The largest absolute Gasteiger partial charge is 0.384 e. The molecule has 0 bridgehead atoms. The molecular formula is C11H12N4OS2. The molecule has 18 heavy (non-hydrogen) atoms. The Morgan fingerprint density at radius 3 is 3.11 bits per heavy atom. The number of nitrogens with two attached hydrogens (primary N) is 1. The molecule has 1 aliphatic rings. The second-order valence-electron chi connectivity index (χ2n) is 3.86. The summed E-state index contributed by atoms with van der Waals surface area (Å²) in [7, 11) is 0. The Morgan fingerprint density at radius 2 is 2.33 bits per heavy atom. The molecule has 2 aromatic rings. The monoisotopic (exact) mass is 280 g/mol. The zero-order valence-electron chi connectivity index (χ0n) is 9.57. The minimum atomic E-state index is 0.334. The first-order valence-corrected chi connectivity index (χ1v) is 7.78. The van der Waals surface area contributed by atoms with E-state index in [2.05, 4.69) is 15.1 Å². The fourth-order valence-electron chi connectivity index (χ4n) is 1.70. The predicted octanol–water partition coefficient (Wildman–Crippen LogP) is 2.23. The molecule has 2 aromatic heterocycles. The SMILES string of the molecule is Nc1cc(-c2nc(C3CSCCS3)no2)ccn1. The van der Waals surface area contributed by atoms with E-state index in [0.29, 0.717) is 17.0 Å². The third-order valence-corrected chi connectivity index (χ3v) is 5.32. The van der Waals surface area contributed by atoms with Gasteiger partial charge in [0, 0.05) is 29.0 Å². The van der Waals surface area contributed by atoms with Gasteiger partial charge < -0.3 is 10.3 Å². The Balaban J connectivity index is 1.84. The van der Waals surface area contributed by atoms with E-state index >= 15 is 0 Å². The van der Waals surface area contributed by atoms with Gasteiger partial charge in [-0.2, -0.15) is 16.7 Å². The van der Waals surface area contributed by atoms with Crippen LogP contribution in [0.3, 0.4) is 0 Å². The summed E-state index contributed by atoms with van der Waals surface area (Å²) in [5.74, 6) is 5.12. The van der Waals surface area contributed by atoms with Gasteiger partial charge in [0.25, 0.3) is 5.89 Å². The predicted molar refractivity (Wildman–Crippen MR) is 74.5 cm³/mol. The minimum absolute atomic E-state index is 0.334. The molecule has 3 rings (SSSR count). The van der Waals surface area contributed by atoms with Gasteiger partial charge in [-0.1, -0.05) is 5.16 Å². The molecule has 1 atom stereocenters. The van der Waals surface area contributed by atoms with Gasteiger partial charge in [0.2, 0.25) is 0 Å². The van der Waals surface area contributed by atoms with Gasteiger partial charge in [-0.3, -0.25) is 0 Å². The number of aromatic nitrogens is 3.